The molecule has 3 N–H and O–H groups in total. The summed E-state index contributed by atoms with van der Waals surface area (Å²) in [6.07, 6.45) is 2.44. The molecule has 0 aliphatic heterocycles. The molecule has 0 atom stereocenters. The SMILES string of the molecule is CCNC(=O)CN(C)c1ccc(N)c(OCC2CC2)n1. The third kappa shape index (κ3) is 4.01. The fraction of sp³-hybridized carbons (Fsp3) is 0.571. The Balaban J connectivity index is 1.99. The van der Waals surface area contributed by atoms with Gasteiger partial charge in [-0.25, -0.2) is 0 Å². The van der Waals surface area contributed by atoms with Crippen LogP contribution in [0.4, 0.5) is 11.5 Å². The number of ether oxygens (including phenoxy) is 1. The van der Waals surface area contributed by atoms with Crippen molar-refractivity contribution in [3.05, 3.63) is 12.1 Å². The van der Waals surface area contributed by atoms with Gasteiger partial charge in [0.05, 0.1) is 18.8 Å². The minimum atomic E-state index is -0.0333. The molecule has 0 bridgehead atoms. The molecule has 1 heterocycles. The van der Waals surface area contributed by atoms with Gasteiger partial charge in [-0.3, -0.25) is 4.79 Å². The zero-order valence-electron chi connectivity index (χ0n) is 12.1. The molecular weight excluding hydrogens is 256 g/mol. The molecule has 0 aromatic carbocycles. The topological polar surface area (TPSA) is 80.5 Å². The Kier molecular flexibility index (Phi) is 4.65. The number of hydrogen-bond donors (Lipinski definition) is 2. The van der Waals surface area contributed by atoms with Gasteiger partial charge in [-0.1, -0.05) is 0 Å². The van der Waals surface area contributed by atoms with E-state index in [2.05, 4.69) is 10.3 Å². The first-order valence-electron chi connectivity index (χ1n) is 6.97. The number of hydrogen-bond acceptors (Lipinski definition) is 5. The summed E-state index contributed by atoms with van der Waals surface area (Å²) in [5, 5.41) is 2.76. The van der Waals surface area contributed by atoms with E-state index < -0.39 is 0 Å². The summed E-state index contributed by atoms with van der Waals surface area (Å²) in [6.45, 7) is 3.44. The molecular formula is C14H22N4O2. The van der Waals surface area contributed by atoms with E-state index in [1.165, 1.54) is 12.8 Å². The highest BCUT2D eigenvalue weighted by Crippen LogP contribution is 2.31. The van der Waals surface area contributed by atoms with Crippen LogP contribution in [0, 0.1) is 5.92 Å². The highest BCUT2D eigenvalue weighted by Gasteiger charge is 2.22. The number of likely N-dealkylation sites (N-methyl/N-ethyl adjacent to an activating group) is 2. The van der Waals surface area contributed by atoms with Crippen molar-refractivity contribution in [1.29, 1.82) is 0 Å². The van der Waals surface area contributed by atoms with Crippen molar-refractivity contribution >= 4 is 17.4 Å². The van der Waals surface area contributed by atoms with E-state index >= 15 is 0 Å². The number of nitrogens with one attached hydrogen (secondary N) is 1. The van der Waals surface area contributed by atoms with Crippen molar-refractivity contribution in [2.24, 2.45) is 5.92 Å². The molecule has 2 rings (SSSR count). The lowest BCUT2D eigenvalue weighted by atomic mass is 10.3. The summed E-state index contributed by atoms with van der Waals surface area (Å²) in [7, 11) is 1.82. The van der Waals surface area contributed by atoms with Crippen LogP contribution in [0.5, 0.6) is 5.88 Å². The van der Waals surface area contributed by atoms with Crippen LogP contribution in [0.25, 0.3) is 0 Å². The molecule has 1 aromatic rings. The van der Waals surface area contributed by atoms with Crippen LogP contribution in [0.1, 0.15) is 19.8 Å². The van der Waals surface area contributed by atoms with E-state index in [-0.39, 0.29) is 12.5 Å². The number of carbonyl (C=O) groups is 1. The second-order valence-corrected chi connectivity index (χ2v) is 5.13. The average molecular weight is 278 g/mol. The molecule has 1 fully saturated rings. The second kappa shape index (κ2) is 6.45. The van der Waals surface area contributed by atoms with Crippen molar-refractivity contribution < 1.29 is 9.53 Å². The minimum absolute atomic E-state index is 0.0333. The Bertz CT molecular complexity index is 474. The summed E-state index contributed by atoms with van der Waals surface area (Å²) < 4.78 is 5.64. The molecule has 20 heavy (non-hydrogen) atoms. The second-order valence-electron chi connectivity index (χ2n) is 5.13. The van der Waals surface area contributed by atoms with Gasteiger partial charge in [0.25, 0.3) is 0 Å². The van der Waals surface area contributed by atoms with Crippen molar-refractivity contribution in [1.82, 2.24) is 10.3 Å². The van der Waals surface area contributed by atoms with Crippen LogP contribution in [-0.4, -0.2) is 37.6 Å². The smallest absolute Gasteiger partial charge is 0.239 e. The Labute approximate surface area is 119 Å². The van der Waals surface area contributed by atoms with Crippen molar-refractivity contribution in [3.8, 4) is 5.88 Å². The lowest BCUT2D eigenvalue weighted by Crippen LogP contribution is -2.35. The normalized spacial score (nSPS) is 13.9. The van der Waals surface area contributed by atoms with Gasteiger partial charge in [0.1, 0.15) is 5.82 Å². The molecule has 0 unspecified atom stereocenters. The van der Waals surface area contributed by atoms with Gasteiger partial charge in [-0.15, -0.1) is 0 Å². The van der Waals surface area contributed by atoms with E-state index in [4.69, 9.17) is 10.5 Å². The molecule has 6 nitrogen and oxygen atoms in total. The van der Waals surface area contributed by atoms with Crippen LogP contribution < -0.4 is 20.7 Å². The molecule has 1 amide bonds. The maximum atomic E-state index is 11.6. The number of nitrogen functional groups attached to an aromatic ring is 1. The summed E-state index contributed by atoms with van der Waals surface area (Å²) in [4.78, 5) is 17.7. The Morgan fingerprint density at radius 3 is 2.95 bits per heavy atom. The molecule has 1 aliphatic carbocycles. The Morgan fingerprint density at radius 1 is 1.55 bits per heavy atom. The maximum Gasteiger partial charge on any atom is 0.239 e. The van der Waals surface area contributed by atoms with Crippen LogP contribution >= 0.6 is 0 Å². The molecule has 0 radical (unpaired) electrons. The third-order valence-corrected chi connectivity index (χ3v) is 3.17. The van der Waals surface area contributed by atoms with Gasteiger partial charge in [0.2, 0.25) is 11.8 Å². The molecule has 0 saturated heterocycles. The van der Waals surface area contributed by atoms with Gasteiger partial charge in [-0.2, -0.15) is 4.98 Å². The molecule has 1 aromatic heterocycles. The van der Waals surface area contributed by atoms with Crippen molar-refractivity contribution in [2.75, 3.05) is 37.4 Å². The van der Waals surface area contributed by atoms with Gasteiger partial charge < -0.3 is 20.7 Å². The lowest BCUT2D eigenvalue weighted by Gasteiger charge is -2.18. The van der Waals surface area contributed by atoms with Gasteiger partial charge in [-0.05, 0) is 37.8 Å². The van der Waals surface area contributed by atoms with E-state index in [1.807, 2.05) is 14.0 Å². The highest BCUT2D eigenvalue weighted by molar-refractivity contribution is 5.80. The van der Waals surface area contributed by atoms with Gasteiger partial charge in [0, 0.05) is 13.6 Å². The zero-order chi connectivity index (χ0) is 14.5. The number of aromatic nitrogens is 1. The first kappa shape index (κ1) is 14.4. The van der Waals surface area contributed by atoms with Crippen LogP contribution in [0.2, 0.25) is 0 Å². The number of rotatable bonds is 7. The van der Waals surface area contributed by atoms with Gasteiger partial charge in [0.15, 0.2) is 0 Å². The first-order valence-corrected chi connectivity index (χ1v) is 6.97. The maximum absolute atomic E-state index is 11.6. The van der Waals surface area contributed by atoms with Crippen LogP contribution in [-0.2, 0) is 4.79 Å². The van der Waals surface area contributed by atoms with E-state index in [9.17, 15) is 4.79 Å². The quantitative estimate of drug-likeness (QED) is 0.778. The number of pyridine rings is 1. The Morgan fingerprint density at radius 2 is 2.30 bits per heavy atom. The number of nitrogens with two attached hydrogens (primary N) is 1. The van der Waals surface area contributed by atoms with Crippen LogP contribution in [0.15, 0.2) is 12.1 Å². The molecule has 1 aliphatic rings. The fourth-order valence-electron chi connectivity index (χ4n) is 1.80. The van der Waals surface area contributed by atoms with E-state index in [1.54, 1.807) is 17.0 Å². The number of nitrogens with zero attached hydrogens (tertiary/aromatic N) is 2. The summed E-state index contributed by atoms with van der Waals surface area (Å²) >= 11 is 0. The largest absolute Gasteiger partial charge is 0.476 e. The number of amides is 1. The predicted molar refractivity (Wildman–Crippen MR) is 78.8 cm³/mol. The lowest BCUT2D eigenvalue weighted by molar-refractivity contribution is -0.119. The highest BCUT2D eigenvalue weighted by atomic mass is 16.5. The summed E-state index contributed by atoms with van der Waals surface area (Å²) in [5.74, 6) is 1.75. The van der Waals surface area contributed by atoms with E-state index in [0.29, 0.717) is 36.5 Å². The molecule has 110 valence electrons. The molecule has 0 spiro atoms. The van der Waals surface area contributed by atoms with E-state index in [0.717, 1.165) is 0 Å². The average Bonchev–Trinajstić information content (AvgIpc) is 3.22. The standard InChI is InChI=1S/C14H22N4O2/c1-3-16-13(19)8-18(2)12-7-6-11(15)14(17-12)20-9-10-4-5-10/h6-7,10H,3-5,8-9,15H2,1-2H3,(H,16,19). The van der Waals surface area contributed by atoms with Gasteiger partial charge >= 0.3 is 0 Å². The summed E-state index contributed by atoms with van der Waals surface area (Å²) in [6, 6.07) is 3.55. The van der Waals surface area contributed by atoms with Crippen molar-refractivity contribution in [3.63, 3.8) is 0 Å². The predicted octanol–water partition coefficient (Wildman–Crippen LogP) is 1.02. The third-order valence-electron chi connectivity index (χ3n) is 3.17. The van der Waals surface area contributed by atoms with Crippen LogP contribution in [0.3, 0.4) is 0 Å². The minimum Gasteiger partial charge on any atom is -0.476 e. The summed E-state index contributed by atoms with van der Waals surface area (Å²) in [5.41, 5.74) is 6.39. The molecule has 6 heteroatoms. The van der Waals surface area contributed by atoms with Crippen molar-refractivity contribution in [2.45, 2.75) is 19.8 Å². The zero-order valence-corrected chi connectivity index (χ0v) is 12.1. The fourth-order valence-corrected chi connectivity index (χ4v) is 1.80. The molecule has 1 saturated carbocycles. The Hall–Kier alpha value is -1.98. The first-order chi connectivity index (χ1) is 9.60. The monoisotopic (exact) mass is 278 g/mol. The number of carbonyl (C=O) groups excluding carboxylic acids is 1. The number of anilines is 2.